The summed E-state index contributed by atoms with van der Waals surface area (Å²) in [5.74, 6) is 0.263. The SMILES string of the molecule is Cc1cnc2[nH]cc(C(=O)NCC(CO)C(C)C)c2c1. The fourth-order valence-corrected chi connectivity index (χ4v) is 2.13. The molecular weight excluding hydrogens is 254 g/mol. The molecule has 1 amide bonds. The summed E-state index contributed by atoms with van der Waals surface area (Å²) in [6.07, 6.45) is 3.44. The Kier molecular flexibility index (Phi) is 4.39. The maximum Gasteiger partial charge on any atom is 0.253 e. The van der Waals surface area contributed by atoms with Crippen LogP contribution >= 0.6 is 0 Å². The van der Waals surface area contributed by atoms with Gasteiger partial charge in [0.15, 0.2) is 0 Å². The number of carbonyl (C=O) groups is 1. The predicted octanol–water partition coefficient (Wildman–Crippen LogP) is 1.87. The van der Waals surface area contributed by atoms with Crippen molar-refractivity contribution in [3.63, 3.8) is 0 Å². The standard InChI is InChI=1S/C15H21N3O2/c1-9(2)11(8-19)6-18-15(20)13-7-17-14-12(13)4-10(3)5-16-14/h4-5,7,9,11,19H,6,8H2,1-3H3,(H,16,17)(H,18,20). The summed E-state index contributed by atoms with van der Waals surface area (Å²) in [5.41, 5.74) is 2.32. The first-order valence-corrected chi connectivity index (χ1v) is 6.85. The van der Waals surface area contributed by atoms with Crippen LogP contribution in [0.3, 0.4) is 0 Å². The Morgan fingerprint density at radius 1 is 1.50 bits per heavy atom. The molecule has 0 fully saturated rings. The normalized spacial score (nSPS) is 12.8. The fourth-order valence-electron chi connectivity index (χ4n) is 2.13. The van der Waals surface area contributed by atoms with Crippen molar-refractivity contribution in [1.82, 2.24) is 15.3 Å². The van der Waals surface area contributed by atoms with Crippen molar-refractivity contribution in [3.05, 3.63) is 29.6 Å². The highest BCUT2D eigenvalue weighted by atomic mass is 16.3. The Labute approximate surface area is 118 Å². The van der Waals surface area contributed by atoms with Crippen molar-refractivity contribution in [2.24, 2.45) is 11.8 Å². The number of hydrogen-bond acceptors (Lipinski definition) is 3. The molecular formula is C15H21N3O2. The fraction of sp³-hybridized carbons (Fsp3) is 0.467. The molecule has 0 aliphatic heterocycles. The van der Waals surface area contributed by atoms with Crippen molar-refractivity contribution in [2.45, 2.75) is 20.8 Å². The van der Waals surface area contributed by atoms with E-state index in [0.717, 1.165) is 10.9 Å². The number of fused-ring (bicyclic) bond motifs is 1. The molecule has 2 aromatic rings. The quantitative estimate of drug-likeness (QED) is 0.779. The number of aryl methyl sites for hydroxylation is 1. The number of aromatic amines is 1. The molecule has 5 heteroatoms. The van der Waals surface area contributed by atoms with Crippen molar-refractivity contribution in [3.8, 4) is 0 Å². The Bertz CT molecular complexity index is 604. The van der Waals surface area contributed by atoms with E-state index >= 15 is 0 Å². The zero-order chi connectivity index (χ0) is 14.7. The summed E-state index contributed by atoms with van der Waals surface area (Å²) in [6, 6.07) is 1.94. The Morgan fingerprint density at radius 3 is 2.90 bits per heavy atom. The molecule has 0 spiro atoms. The number of rotatable bonds is 5. The molecule has 0 aliphatic rings. The van der Waals surface area contributed by atoms with Crippen LogP contribution in [0.1, 0.15) is 29.8 Å². The number of nitrogens with zero attached hydrogens (tertiary/aromatic N) is 1. The van der Waals surface area contributed by atoms with Crippen LogP contribution in [-0.2, 0) is 0 Å². The molecule has 0 aliphatic carbocycles. The molecule has 2 heterocycles. The third-order valence-corrected chi connectivity index (χ3v) is 3.61. The largest absolute Gasteiger partial charge is 0.396 e. The van der Waals surface area contributed by atoms with Crippen molar-refractivity contribution >= 4 is 16.9 Å². The average molecular weight is 275 g/mol. The van der Waals surface area contributed by atoms with E-state index in [1.54, 1.807) is 12.4 Å². The number of pyridine rings is 1. The van der Waals surface area contributed by atoms with Crippen molar-refractivity contribution in [2.75, 3.05) is 13.2 Å². The molecule has 1 atom stereocenters. The second kappa shape index (κ2) is 6.05. The summed E-state index contributed by atoms with van der Waals surface area (Å²) < 4.78 is 0. The van der Waals surface area contributed by atoms with Gasteiger partial charge >= 0.3 is 0 Å². The van der Waals surface area contributed by atoms with Gasteiger partial charge in [-0.15, -0.1) is 0 Å². The highest BCUT2D eigenvalue weighted by Crippen LogP contribution is 2.17. The number of carbonyl (C=O) groups excluding carboxylic acids is 1. The molecule has 0 saturated heterocycles. The van der Waals surface area contributed by atoms with Gasteiger partial charge in [0, 0.05) is 36.8 Å². The van der Waals surface area contributed by atoms with E-state index in [1.165, 1.54) is 0 Å². The molecule has 2 aromatic heterocycles. The number of hydrogen-bond donors (Lipinski definition) is 3. The zero-order valence-corrected chi connectivity index (χ0v) is 12.1. The minimum atomic E-state index is -0.136. The molecule has 0 aromatic carbocycles. The molecule has 0 bridgehead atoms. The van der Waals surface area contributed by atoms with E-state index in [2.05, 4.69) is 15.3 Å². The van der Waals surface area contributed by atoms with Crippen molar-refractivity contribution in [1.29, 1.82) is 0 Å². The van der Waals surface area contributed by atoms with Crippen LogP contribution in [0.5, 0.6) is 0 Å². The third kappa shape index (κ3) is 2.99. The van der Waals surface area contributed by atoms with Crippen LogP contribution in [0.15, 0.2) is 18.5 Å². The van der Waals surface area contributed by atoms with Gasteiger partial charge in [0.2, 0.25) is 0 Å². The third-order valence-electron chi connectivity index (χ3n) is 3.61. The van der Waals surface area contributed by atoms with Crippen LogP contribution < -0.4 is 5.32 Å². The van der Waals surface area contributed by atoms with E-state index in [9.17, 15) is 9.90 Å². The minimum Gasteiger partial charge on any atom is -0.396 e. The number of aliphatic hydroxyl groups excluding tert-OH is 1. The lowest BCUT2D eigenvalue weighted by Gasteiger charge is -2.18. The van der Waals surface area contributed by atoms with Gasteiger partial charge in [-0.25, -0.2) is 4.98 Å². The van der Waals surface area contributed by atoms with Crippen molar-refractivity contribution < 1.29 is 9.90 Å². The maximum atomic E-state index is 12.2. The molecule has 5 nitrogen and oxygen atoms in total. The highest BCUT2D eigenvalue weighted by Gasteiger charge is 2.16. The second-order valence-corrected chi connectivity index (χ2v) is 5.51. The molecule has 20 heavy (non-hydrogen) atoms. The van der Waals surface area contributed by atoms with Gasteiger partial charge in [-0.3, -0.25) is 4.79 Å². The monoisotopic (exact) mass is 275 g/mol. The van der Waals surface area contributed by atoms with E-state index in [4.69, 9.17) is 0 Å². The van der Waals surface area contributed by atoms with Gasteiger partial charge in [-0.1, -0.05) is 13.8 Å². The van der Waals surface area contributed by atoms with Gasteiger partial charge in [0.1, 0.15) is 5.65 Å². The van der Waals surface area contributed by atoms with E-state index in [0.29, 0.717) is 23.7 Å². The van der Waals surface area contributed by atoms with Crippen LogP contribution in [0.2, 0.25) is 0 Å². The lowest BCUT2D eigenvalue weighted by molar-refractivity contribution is 0.0933. The number of nitrogens with one attached hydrogen (secondary N) is 2. The van der Waals surface area contributed by atoms with Gasteiger partial charge in [-0.2, -0.15) is 0 Å². The van der Waals surface area contributed by atoms with Crippen LogP contribution in [-0.4, -0.2) is 34.1 Å². The summed E-state index contributed by atoms with van der Waals surface area (Å²) >= 11 is 0. The molecule has 3 N–H and O–H groups in total. The summed E-state index contributed by atoms with van der Waals surface area (Å²) in [7, 11) is 0. The molecule has 0 radical (unpaired) electrons. The van der Waals surface area contributed by atoms with Crippen LogP contribution in [0.4, 0.5) is 0 Å². The first-order valence-electron chi connectivity index (χ1n) is 6.85. The molecule has 1 unspecified atom stereocenters. The number of amides is 1. The summed E-state index contributed by atoms with van der Waals surface area (Å²) in [4.78, 5) is 19.5. The predicted molar refractivity (Wildman–Crippen MR) is 78.6 cm³/mol. The molecule has 108 valence electrons. The van der Waals surface area contributed by atoms with Gasteiger partial charge in [-0.05, 0) is 24.5 Å². The molecule has 0 saturated carbocycles. The van der Waals surface area contributed by atoms with Crippen LogP contribution in [0, 0.1) is 18.8 Å². The van der Waals surface area contributed by atoms with Gasteiger partial charge in [0.05, 0.1) is 5.56 Å². The zero-order valence-electron chi connectivity index (χ0n) is 12.1. The topological polar surface area (TPSA) is 78.0 Å². The smallest absolute Gasteiger partial charge is 0.253 e. The minimum absolute atomic E-state index is 0.0732. The summed E-state index contributed by atoms with van der Waals surface area (Å²) in [5, 5.41) is 13.0. The van der Waals surface area contributed by atoms with Gasteiger partial charge in [0.25, 0.3) is 5.91 Å². The highest BCUT2D eigenvalue weighted by molar-refractivity contribution is 6.06. The lowest BCUT2D eigenvalue weighted by atomic mass is 9.97. The van der Waals surface area contributed by atoms with Crippen LogP contribution in [0.25, 0.3) is 11.0 Å². The average Bonchev–Trinajstić information content (AvgIpc) is 2.81. The Hall–Kier alpha value is -1.88. The lowest BCUT2D eigenvalue weighted by Crippen LogP contribution is -2.33. The first kappa shape index (κ1) is 14.5. The van der Waals surface area contributed by atoms with E-state index in [1.807, 2.05) is 26.8 Å². The van der Waals surface area contributed by atoms with E-state index in [-0.39, 0.29) is 18.4 Å². The van der Waals surface area contributed by atoms with Gasteiger partial charge < -0.3 is 15.4 Å². The number of aliphatic hydroxyl groups is 1. The number of aromatic nitrogens is 2. The Morgan fingerprint density at radius 2 is 2.25 bits per heavy atom. The first-order chi connectivity index (χ1) is 9.52. The number of H-pyrrole nitrogens is 1. The summed E-state index contributed by atoms with van der Waals surface area (Å²) in [6.45, 7) is 6.56. The maximum absolute atomic E-state index is 12.2. The second-order valence-electron chi connectivity index (χ2n) is 5.51. The Balaban J connectivity index is 2.13. The molecule has 2 rings (SSSR count). The van der Waals surface area contributed by atoms with E-state index < -0.39 is 0 Å².